The fraction of sp³-hybridized carbons (Fsp3) is 0.474. The SMILES string of the molecule is CCCCOc1ccccc1-c1nc(Cl)cc(OCCC(C)C)n1. The molecule has 2 rings (SSSR count). The van der Waals surface area contributed by atoms with Crippen LogP contribution in [0.3, 0.4) is 0 Å². The summed E-state index contributed by atoms with van der Waals surface area (Å²) in [6, 6.07) is 9.38. The number of hydrogen-bond donors (Lipinski definition) is 0. The number of para-hydroxylation sites is 1. The second kappa shape index (κ2) is 9.48. The third kappa shape index (κ3) is 5.68. The standard InChI is InChI=1S/C19H25ClN2O2/c1-4-5-11-23-16-9-7-6-8-15(16)19-21-17(20)13-18(22-19)24-12-10-14(2)3/h6-9,13-14H,4-5,10-12H2,1-3H3. The highest BCUT2D eigenvalue weighted by molar-refractivity contribution is 6.29. The van der Waals surface area contributed by atoms with Crippen molar-refractivity contribution in [1.82, 2.24) is 9.97 Å². The molecule has 5 heteroatoms. The van der Waals surface area contributed by atoms with Crippen LogP contribution >= 0.6 is 11.6 Å². The Balaban J connectivity index is 2.20. The minimum Gasteiger partial charge on any atom is -0.493 e. The van der Waals surface area contributed by atoms with Gasteiger partial charge in [-0.2, -0.15) is 4.98 Å². The van der Waals surface area contributed by atoms with Crippen molar-refractivity contribution in [3.63, 3.8) is 0 Å². The van der Waals surface area contributed by atoms with Crippen LogP contribution in [0.1, 0.15) is 40.0 Å². The lowest BCUT2D eigenvalue weighted by Crippen LogP contribution is -2.04. The number of ether oxygens (including phenoxy) is 2. The first-order chi connectivity index (χ1) is 11.6. The summed E-state index contributed by atoms with van der Waals surface area (Å²) < 4.78 is 11.6. The number of hydrogen-bond acceptors (Lipinski definition) is 4. The molecule has 0 saturated heterocycles. The van der Waals surface area contributed by atoms with E-state index in [9.17, 15) is 0 Å². The molecule has 1 aromatic heterocycles. The maximum atomic E-state index is 6.15. The monoisotopic (exact) mass is 348 g/mol. The van der Waals surface area contributed by atoms with E-state index in [4.69, 9.17) is 21.1 Å². The van der Waals surface area contributed by atoms with E-state index in [-0.39, 0.29) is 0 Å². The van der Waals surface area contributed by atoms with Gasteiger partial charge in [0.25, 0.3) is 0 Å². The van der Waals surface area contributed by atoms with Gasteiger partial charge in [-0.25, -0.2) is 4.98 Å². The van der Waals surface area contributed by atoms with E-state index in [0.29, 0.717) is 36.0 Å². The summed E-state index contributed by atoms with van der Waals surface area (Å²) in [5, 5.41) is 0.364. The van der Waals surface area contributed by atoms with Crippen LogP contribution in [0.25, 0.3) is 11.4 Å². The van der Waals surface area contributed by atoms with Crippen LogP contribution in [0.15, 0.2) is 30.3 Å². The number of nitrogens with zero attached hydrogens (tertiary/aromatic N) is 2. The van der Waals surface area contributed by atoms with Crippen LogP contribution in [0.4, 0.5) is 0 Å². The van der Waals surface area contributed by atoms with Gasteiger partial charge in [0.2, 0.25) is 5.88 Å². The zero-order valence-electron chi connectivity index (χ0n) is 14.6. The lowest BCUT2D eigenvalue weighted by Gasteiger charge is -2.12. The van der Waals surface area contributed by atoms with Crippen LogP contribution < -0.4 is 9.47 Å². The number of halogens is 1. The van der Waals surface area contributed by atoms with E-state index in [2.05, 4.69) is 30.7 Å². The second-order valence-electron chi connectivity index (χ2n) is 6.08. The summed E-state index contributed by atoms with van der Waals surface area (Å²) in [5.41, 5.74) is 0.824. The topological polar surface area (TPSA) is 44.2 Å². The molecule has 0 aliphatic heterocycles. The minimum absolute atomic E-state index is 0.364. The van der Waals surface area contributed by atoms with Crippen molar-refractivity contribution in [2.24, 2.45) is 5.92 Å². The number of aromatic nitrogens is 2. The molecule has 0 fully saturated rings. The summed E-state index contributed by atoms with van der Waals surface area (Å²) in [6.45, 7) is 7.73. The van der Waals surface area contributed by atoms with Crippen LogP contribution in [0.5, 0.6) is 11.6 Å². The fourth-order valence-corrected chi connectivity index (χ4v) is 2.27. The van der Waals surface area contributed by atoms with Gasteiger partial charge in [0.05, 0.1) is 18.8 Å². The fourth-order valence-electron chi connectivity index (χ4n) is 2.09. The van der Waals surface area contributed by atoms with Gasteiger partial charge >= 0.3 is 0 Å². The van der Waals surface area contributed by atoms with Gasteiger partial charge in [0, 0.05) is 6.07 Å². The summed E-state index contributed by atoms with van der Waals surface area (Å²) >= 11 is 6.15. The van der Waals surface area contributed by atoms with Crippen LogP contribution in [0, 0.1) is 5.92 Å². The van der Waals surface area contributed by atoms with E-state index in [0.717, 1.165) is 30.6 Å². The molecular weight excluding hydrogens is 324 g/mol. The van der Waals surface area contributed by atoms with Gasteiger partial charge in [0.15, 0.2) is 5.82 Å². The number of benzene rings is 1. The molecule has 0 radical (unpaired) electrons. The highest BCUT2D eigenvalue weighted by Crippen LogP contribution is 2.29. The predicted octanol–water partition coefficient (Wildman–Crippen LogP) is 5.40. The van der Waals surface area contributed by atoms with Crippen molar-refractivity contribution in [2.75, 3.05) is 13.2 Å². The van der Waals surface area contributed by atoms with Crippen molar-refractivity contribution in [1.29, 1.82) is 0 Å². The Morgan fingerprint density at radius 2 is 1.88 bits per heavy atom. The van der Waals surface area contributed by atoms with Crippen LogP contribution in [-0.2, 0) is 0 Å². The van der Waals surface area contributed by atoms with Gasteiger partial charge in [-0.1, -0.05) is 50.9 Å². The van der Waals surface area contributed by atoms with Crippen LogP contribution in [0.2, 0.25) is 5.15 Å². The number of unbranched alkanes of at least 4 members (excludes halogenated alkanes) is 1. The van der Waals surface area contributed by atoms with Gasteiger partial charge in [0.1, 0.15) is 10.9 Å². The first kappa shape index (κ1) is 18.5. The molecule has 24 heavy (non-hydrogen) atoms. The van der Waals surface area contributed by atoms with Gasteiger partial charge in [-0.15, -0.1) is 0 Å². The normalized spacial score (nSPS) is 10.9. The smallest absolute Gasteiger partial charge is 0.218 e. The van der Waals surface area contributed by atoms with Gasteiger partial charge in [-0.3, -0.25) is 0 Å². The van der Waals surface area contributed by atoms with E-state index in [1.165, 1.54) is 0 Å². The molecule has 0 bridgehead atoms. The summed E-state index contributed by atoms with van der Waals surface area (Å²) in [5.74, 6) is 2.36. The first-order valence-electron chi connectivity index (χ1n) is 8.49. The molecule has 0 aliphatic rings. The van der Waals surface area contributed by atoms with Crippen molar-refractivity contribution < 1.29 is 9.47 Å². The third-order valence-corrected chi connectivity index (χ3v) is 3.69. The summed E-state index contributed by atoms with van der Waals surface area (Å²) in [4.78, 5) is 8.82. The maximum absolute atomic E-state index is 6.15. The second-order valence-corrected chi connectivity index (χ2v) is 6.47. The van der Waals surface area contributed by atoms with E-state index in [1.54, 1.807) is 6.07 Å². The van der Waals surface area contributed by atoms with E-state index in [1.807, 2.05) is 24.3 Å². The Kier molecular flexibility index (Phi) is 7.32. The first-order valence-corrected chi connectivity index (χ1v) is 8.87. The third-order valence-electron chi connectivity index (χ3n) is 3.50. The number of rotatable bonds is 9. The molecular formula is C19H25ClN2O2. The largest absolute Gasteiger partial charge is 0.493 e. The molecule has 1 aromatic carbocycles. The molecule has 4 nitrogen and oxygen atoms in total. The Hall–Kier alpha value is -1.81. The average molecular weight is 349 g/mol. The van der Waals surface area contributed by atoms with Crippen LogP contribution in [-0.4, -0.2) is 23.2 Å². The molecule has 1 heterocycles. The molecule has 0 N–H and O–H groups in total. The van der Waals surface area contributed by atoms with Crippen molar-refractivity contribution in [2.45, 2.75) is 40.0 Å². The van der Waals surface area contributed by atoms with Crippen molar-refractivity contribution in [3.05, 3.63) is 35.5 Å². The Bertz CT molecular complexity index is 647. The average Bonchev–Trinajstić information content (AvgIpc) is 2.55. The highest BCUT2D eigenvalue weighted by atomic mass is 35.5. The van der Waals surface area contributed by atoms with Crippen molar-refractivity contribution in [3.8, 4) is 23.0 Å². The molecule has 130 valence electrons. The molecule has 0 amide bonds. The van der Waals surface area contributed by atoms with E-state index >= 15 is 0 Å². The molecule has 2 aromatic rings. The highest BCUT2D eigenvalue weighted by Gasteiger charge is 2.12. The Labute approximate surface area is 149 Å². The Morgan fingerprint density at radius 3 is 2.62 bits per heavy atom. The maximum Gasteiger partial charge on any atom is 0.218 e. The summed E-state index contributed by atoms with van der Waals surface area (Å²) in [7, 11) is 0. The van der Waals surface area contributed by atoms with Gasteiger partial charge < -0.3 is 9.47 Å². The summed E-state index contributed by atoms with van der Waals surface area (Å²) in [6.07, 6.45) is 3.06. The molecule has 0 atom stereocenters. The Morgan fingerprint density at radius 1 is 1.08 bits per heavy atom. The minimum atomic E-state index is 0.364. The van der Waals surface area contributed by atoms with Crippen molar-refractivity contribution >= 4 is 11.6 Å². The lowest BCUT2D eigenvalue weighted by molar-refractivity contribution is 0.279. The predicted molar refractivity (Wildman–Crippen MR) is 97.8 cm³/mol. The van der Waals surface area contributed by atoms with Gasteiger partial charge in [-0.05, 0) is 30.9 Å². The zero-order valence-corrected chi connectivity index (χ0v) is 15.3. The zero-order chi connectivity index (χ0) is 17.4. The van der Waals surface area contributed by atoms with E-state index < -0.39 is 0 Å². The lowest BCUT2D eigenvalue weighted by atomic mass is 10.1. The quantitative estimate of drug-likeness (QED) is 0.449. The molecule has 0 saturated carbocycles. The molecule has 0 unspecified atom stereocenters. The molecule has 0 spiro atoms. The molecule has 0 aliphatic carbocycles.